The van der Waals surface area contributed by atoms with Crippen molar-refractivity contribution < 1.29 is 0 Å². The molecule has 0 bridgehead atoms. The third-order valence-corrected chi connectivity index (χ3v) is 4.95. The van der Waals surface area contributed by atoms with Crippen molar-refractivity contribution in [1.29, 1.82) is 0 Å². The lowest BCUT2D eigenvalue weighted by atomic mass is 10.2. The van der Waals surface area contributed by atoms with Crippen molar-refractivity contribution in [2.75, 3.05) is 12.3 Å². The molecule has 1 heterocycles. The van der Waals surface area contributed by atoms with Gasteiger partial charge >= 0.3 is 0 Å². The number of imidazole rings is 1. The first-order chi connectivity index (χ1) is 9.90. The Balaban J connectivity index is 2.12. The summed E-state index contributed by atoms with van der Waals surface area (Å²) < 4.78 is 2.53. The van der Waals surface area contributed by atoms with Crippen LogP contribution in [0.1, 0.15) is 33.5 Å². The summed E-state index contributed by atoms with van der Waals surface area (Å²) in [6.45, 7) is 9.99. The van der Waals surface area contributed by atoms with E-state index in [0.717, 1.165) is 30.1 Å². The van der Waals surface area contributed by atoms with Crippen LogP contribution in [0, 0.1) is 0 Å². The number of para-hydroxylation sites is 2. The summed E-state index contributed by atoms with van der Waals surface area (Å²) in [5.41, 5.74) is 2.31. The molecule has 1 aromatic heterocycles. The molecule has 4 heteroatoms. The topological polar surface area (TPSA) is 29.9 Å². The molecule has 0 radical (unpaired) electrons. The van der Waals surface area contributed by atoms with Gasteiger partial charge in [0, 0.05) is 30.0 Å². The third-order valence-electron chi connectivity index (χ3n) is 3.52. The Kier molecular flexibility index (Phi) is 5.33. The quantitative estimate of drug-likeness (QED) is 0.884. The number of thioether (sulfide) groups is 1. The van der Waals surface area contributed by atoms with Gasteiger partial charge in [0.2, 0.25) is 0 Å². The number of aromatic nitrogens is 2. The van der Waals surface area contributed by atoms with Gasteiger partial charge in [-0.15, -0.1) is 0 Å². The zero-order valence-electron chi connectivity index (χ0n) is 13.8. The molecule has 0 spiro atoms. The molecule has 3 nitrogen and oxygen atoms in total. The fraction of sp³-hybridized carbons (Fsp3) is 0.588. The van der Waals surface area contributed by atoms with Crippen LogP contribution in [-0.4, -0.2) is 32.6 Å². The predicted molar refractivity (Wildman–Crippen MR) is 94.1 cm³/mol. The second-order valence-electron chi connectivity index (χ2n) is 6.46. The van der Waals surface area contributed by atoms with Gasteiger partial charge in [-0.2, -0.15) is 11.8 Å². The molecule has 0 fully saturated rings. The molecule has 2 rings (SSSR count). The number of aryl methyl sites for hydroxylation is 1. The Bertz CT molecular complexity index is 583. The summed E-state index contributed by atoms with van der Waals surface area (Å²) >= 11 is 2.01. The maximum absolute atomic E-state index is 4.79. The van der Waals surface area contributed by atoms with E-state index in [1.54, 1.807) is 0 Å². The van der Waals surface area contributed by atoms with Crippen LogP contribution in [0.25, 0.3) is 11.0 Å². The number of hydrogen-bond acceptors (Lipinski definition) is 3. The SMILES string of the molecule is CCNC(CSC(C)(C)C)Cc1nc2ccccc2n1C. The monoisotopic (exact) mass is 305 g/mol. The van der Waals surface area contributed by atoms with E-state index >= 15 is 0 Å². The third kappa shape index (κ3) is 4.48. The Morgan fingerprint density at radius 3 is 2.62 bits per heavy atom. The average Bonchev–Trinajstić information content (AvgIpc) is 2.73. The Morgan fingerprint density at radius 1 is 1.29 bits per heavy atom. The predicted octanol–water partition coefficient (Wildman–Crippen LogP) is 3.63. The van der Waals surface area contributed by atoms with E-state index in [9.17, 15) is 0 Å². The summed E-state index contributed by atoms with van der Waals surface area (Å²) in [6, 6.07) is 8.82. The molecule has 0 aliphatic heterocycles. The Morgan fingerprint density at radius 2 is 2.00 bits per heavy atom. The summed E-state index contributed by atoms with van der Waals surface area (Å²) in [6.07, 6.45) is 0.974. The van der Waals surface area contributed by atoms with Crippen molar-refractivity contribution in [3.8, 4) is 0 Å². The number of benzene rings is 1. The molecule has 0 saturated heterocycles. The molecular weight excluding hydrogens is 278 g/mol. The van der Waals surface area contributed by atoms with Crippen LogP contribution in [0.5, 0.6) is 0 Å². The number of rotatable bonds is 6. The van der Waals surface area contributed by atoms with Gasteiger partial charge in [0.15, 0.2) is 0 Å². The minimum atomic E-state index is 0.306. The molecule has 0 saturated carbocycles. The number of nitrogens with one attached hydrogen (secondary N) is 1. The largest absolute Gasteiger partial charge is 0.331 e. The van der Waals surface area contributed by atoms with E-state index in [0.29, 0.717) is 10.8 Å². The van der Waals surface area contributed by atoms with Crippen molar-refractivity contribution in [3.05, 3.63) is 30.1 Å². The molecule has 1 atom stereocenters. The second kappa shape index (κ2) is 6.84. The summed E-state index contributed by atoms with van der Waals surface area (Å²) in [4.78, 5) is 4.79. The highest BCUT2D eigenvalue weighted by Crippen LogP contribution is 2.25. The molecule has 0 aliphatic rings. The van der Waals surface area contributed by atoms with Crippen molar-refractivity contribution in [3.63, 3.8) is 0 Å². The number of hydrogen-bond donors (Lipinski definition) is 1. The molecule has 116 valence electrons. The van der Waals surface area contributed by atoms with Crippen molar-refractivity contribution in [1.82, 2.24) is 14.9 Å². The molecular formula is C17H27N3S. The van der Waals surface area contributed by atoms with E-state index in [4.69, 9.17) is 4.98 Å². The first-order valence-electron chi connectivity index (χ1n) is 7.68. The lowest BCUT2D eigenvalue weighted by Crippen LogP contribution is -2.35. The van der Waals surface area contributed by atoms with Gasteiger partial charge in [0.05, 0.1) is 11.0 Å². The summed E-state index contributed by atoms with van der Waals surface area (Å²) in [5.74, 6) is 2.28. The van der Waals surface area contributed by atoms with E-state index in [1.165, 1.54) is 5.52 Å². The highest BCUT2D eigenvalue weighted by atomic mass is 32.2. The molecule has 2 aromatic rings. The highest BCUT2D eigenvalue weighted by Gasteiger charge is 2.18. The van der Waals surface area contributed by atoms with Gasteiger partial charge in [0.25, 0.3) is 0 Å². The standard InChI is InChI=1S/C17H27N3S/c1-6-18-13(12-21-17(2,3)4)11-16-19-14-9-7-8-10-15(14)20(16)5/h7-10,13,18H,6,11-12H2,1-5H3. The maximum atomic E-state index is 4.79. The van der Waals surface area contributed by atoms with Gasteiger partial charge in [-0.25, -0.2) is 4.98 Å². The van der Waals surface area contributed by atoms with E-state index in [2.05, 4.69) is 68.9 Å². The zero-order chi connectivity index (χ0) is 15.5. The number of nitrogens with zero attached hydrogens (tertiary/aromatic N) is 2. The lowest BCUT2D eigenvalue weighted by molar-refractivity contribution is 0.550. The first kappa shape index (κ1) is 16.4. The van der Waals surface area contributed by atoms with E-state index in [1.807, 2.05) is 11.8 Å². The maximum Gasteiger partial charge on any atom is 0.111 e. The van der Waals surface area contributed by atoms with Crippen molar-refractivity contribution in [2.45, 2.75) is 44.9 Å². The summed E-state index contributed by atoms with van der Waals surface area (Å²) in [7, 11) is 2.12. The molecule has 0 amide bonds. The molecule has 1 N–H and O–H groups in total. The lowest BCUT2D eigenvalue weighted by Gasteiger charge is -2.23. The minimum Gasteiger partial charge on any atom is -0.331 e. The van der Waals surface area contributed by atoms with Crippen molar-refractivity contribution in [2.24, 2.45) is 7.05 Å². The molecule has 21 heavy (non-hydrogen) atoms. The first-order valence-corrected chi connectivity index (χ1v) is 8.67. The van der Waals surface area contributed by atoms with Crippen LogP contribution < -0.4 is 5.32 Å². The minimum absolute atomic E-state index is 0.306. The van der Waals surface area contributed by atoms with Gasteiger partial charge in [-0.05, 0) is 18.7 Å². The fourth-order valence-corrected chi connectivity index (χ4v) is 3.36. The van der Waals surface area contributed by atoms with Gasteiger partial charge in [0.1, 0.15) is 5.82 Å². The van der Waals surface area contributed by atoms with Crippen LogP contribution in [0.2, 0.25) is 0 Å². The normalized spacial score (nSPS) is 13.8. The second-order valence-corrected chi connectivity index (χ2v) is 8.30. The number of fused-ring (bicyclic) bond motifs is 1. The van der Waals surface area contributed by atoms with Crippen LogP contribution >= 0.6 is 11.8 Å². The Labute approximate surface area is 132 Å². The smallest absolute Gasteiger partial charge is 0.111 e. The van der Waals surface area contributed by atoms with Crippen LogP contribution in [0.15, 0.2) is 24.3 Å². The zero-order valence-corrected chi connectivity index (χ0v) is 14.6. The fourth-order valence-electron chi connectivity index (χ4n) is 2.43. The molecule has 0 aliphatic carbocycles. The van der Waals surface area contributed by atoms with Crippen molar-refractivity contribution >= 4 is 22.8 Å². The highest BCUT2D eigenvalue weighted by molar-refractivity contribution is 8.00. The van der Waals surface area contributed by atoms with E-state index < -0.39 is 0 Å². The average molecular weight is 305 g/mol. The van der Waals surface area contributed by atoms with Gasteiger partial charge < -0.3 is 9.88 Å². The molecule has 1 unspecified atom stereocenters. The Hall–Kier alpha value is -1.00. The summed E-state index contributed by atoms with van der Waals surface area (Å²) in [5, 5.41) is 3.60. The molecule has 1 aromatic carbocycles. The van der Waals surface area contributed by atoms with Gasteiger partial charge in [-0.3, -0.25) is 0 Å². The van der Waals surface area contributed by atoms with E-state index in [-0.39, 0.29) is 0 Å². The van der Waals surface area contributed by atoms with Crippen LogP contribution in [-0.2, 0) is 13.5 Å². The van der Waals surface area contributed by atoms with Crippen LogP contribution in [0.4, 0.5) is 0 Å². The van der Waals surface area contributed by atoms with Gasteiger partial charge in [-0.1, -0.05) is 39.8 Å². The number of likely N-dealkylation sites (N-methyl/N-ethyl adjacent to an activating group) is 1. The van der Waals surface area contributed by atoms with Crippen LogP contribution in [0.3, 0.4) is 0 Å².